The molecule has 1 aromatic rings. The third-order valence-electron chi connectivity index (χ3n) is 2.20. The lowest BCUT2D eigenvalue weighted by atomic mass is 10.2. The summed E-state index contributed by atoms with van der Waals surface area (Å²) in [6.45, 7) is 3.27. The van der Waals surface area contributed by atoms with Crippen molar-refractivity contribution in [2.24, 2.45) is 0 Å². The standard InChI is InChI=1S/C11H15FN2O2/c1-7-5-13-6-9(10(7)15)11(16)14-4-3-8(2)12/h5-6,8H,3-4H2,1-2H3,(H,13,15)(H,14,16). The molecule has 1 rings (SSSR count). The molecule has 88 valence electrons. The van der Waals surface area contributed by atoms with Gasteiger partial charge in [-0.15, -0.1) is 0 Å². The molecule has 5 heteroatoms. The fourth-order valence-corrected chi connectivity index (χ4v) is 1.24. The van der Waals surface area contributed by atoms with Crippen LogP contribution in [0.1, 0.15) is 29.3 Å². The fraction of sp³-hybridized carbons (Fsp3) is 0.455. The lowest BCUT2D eigenvalue weighted by Crippen LogP contribution is -2.31. The second kappa shape index (κ2) is 5.44. The van der Waals surface area contributed by atoms with Gasteiger partial charge >= 0.3 is 0 Å². The van der Waals surface area contributed by atoms with Crippen LogP contribution in [0, 0.1) is 6.92 Å². The van der Waals surface area contributed by atoms with Crippen LogP contribution in [0.15, 0.2) is 17.2 Å². The Hall–Kier alpha value is -1.65. The first-order valence-corrected chi connectivity index (χ1v) is 5.12. The number of carbonyl (C=O) groups is 1. The summed E-state index contributed by atoms with van der Waals surface area (Å²) in [6, 6.07) is 0. The van der Waals surface area contributed by atoms with E-state index in [9.17, 15) is 14.0 Å². The van der Waals surface area contributed by atoms with Gasteiger partial charge < -0.3 is 10.3 Å². The molecular formula is C11H15FN2O2. The van der Waals surface area contributed by atoms with Gasteiger partial charge in [0, 0.05) is 24.5 Å². The Morgan fingerprint density at radius 1 is 1.56 bits per heavy atom. The summed E-state index contributed by atoms with van der Waals surface area (Å²) in [5, 5.41) is 2.50. The molecule has 1 atom stereocenters. The summed E-state index contributed by atoms with van der Waals surface area (Å²) in [5.74, 6) is -0.467. The number of H-pyrrole nitrogens is 1. The van der Waals surface area contributed by atoms with Crippen LogP contribution < -0.4 is 10.7 Å². The molecule has 0 spiro atoms. The van der Waals surface area contributed by atoms with Gasteiger partial charge in [0.2, 0.25) is 0 Å². The third kappa shape index (κ3) is 3.18. The minimum Gasteiger partial charge on any atom is -0.366 e. The summed E-state index contributed by atoms with van der Waals surface area (Å²) in [6.07, 6.45) is 2.16. The molecule has 2 N–H and O–H groups in total. The second-order valence-electron chi connectivity index (χ2n) is 3.71. The van der Waals surface area contributed by atoms with Crippen LogP contribution in [0.4, 0.5) is 4.39 Å². The van der Waals surface area contributed by atoms with Crippen molar-refractivity contribution in [3.05, 3.63) is 33.7 Å². The van der Waals surface area contributed by atoms with E-state index in [1.165, 1.54) is 19.3 Å². The van der Waals surface area contributed by atoms with Gasteiger partial charge in [-0.3, -0.25) is 9.59 Å². The van der Waals surface area contributed by atoms with Crippen molar-refractivity contribution in [3.8, 4) is 0 Å². The summed E-state index contributed by atoms with van der Waals surface area (Å²) in [4.78, 5) is 25.8. The van der Waals surface area contributed by atoms with E-state index in [2.05, 4.69) is 10.3 Å². The molecule has 1 aromatic heterocycles. The predicted octanol–water partition coefficient (Wildman–Crippen LogP) is 1.16. The third-order valence-corrected chi connectivity index (χ3v) is 2.20. The van der Waals surface area contributed by atoms with Gasteiger partial charge in [0.1, 0.15) is 5.56 Å². The molecule has 0 radical (unpaired) electrons. The Bertz CT molecular complexity index is 426. The molecule has 1 heterocycles. The molecule has 0 aliphatic carbocycles. The zero-order chi connectivity index (χ0) is 12.1. The first-order valence-electron chi connectivity index (χ1n) is 5.12. The van der Waals surface area contributed by atoms with Gasteiger partial charge in [-0.05, 0) is 20.3 Å². The van der Waals surface area contributed by atoms with E-state index in [1.807, 2.05) is 0 Å². The molecule has 0 aromatic carbocycles. The molecular weight excluding hydrogens is 211 g/mol. The summed E-state index contributed by atoms with van der Waals surface area (Å²) >= 11 is 0. The fourth-order valence-electron chi connectivity index (χ4n) is 1.24. The van der Waals surface area contributed by atoms with Crippen LogP contribution in [-0.4, -0.2) is 23.6 Å². The highest BCUT2D eigenvalue weighted by Crippen LogP contribution is 1.95. The molecule has 0 aliphatic heterocycles. The molecule has 1 unspecified atom stereocenters. The zero-order valence-corrected chi connectivity index (χ0v) is 9.34. The van der Waals surface area contributed by atoms with Gasteiger partial charge in [0.05, 0.1) is 6.17 Å². The number of hydrogen-bond acceptors (Lipinski definition) is 2. The molecule has 0 saturated carbocycles. The Kier molecular flexibility index (Phi) is 4.22. The van der Waals surface area contributed by atoms with Gasteiger partial charge in [0.25, 0.3) is 5.91 Å². The highest BCUT2D eigenvalue weighted by atomic mass is 19.1. The highest BCUT2D eigenvalue weighted by Gasteiger charge is 2.11. The molecule has 0 bridgehead atoms. The monoisotopic (exact) mass is 226 g/mol. The largest absolute Gasteiger partial charge is 0.366 e. The summed E-state index contributed by atoms with van der Waals surface area (Å²) < 4.78 is 12.5. The molecule has 0 aliphatic rings. The Morgan fingerprint density at radius 2 is 2.25 bits per heavy atom. The van der Waals surface area contributed by atoms with Crippen LogP contribution >= 0.6 is 0 Å². The maximum Gasteiger partial charge on any atom is 0.256 e. The minimum absolute atomic E-state index is 0.0616. The Labute approximate surface area is 92.9 Å². The van der Waals surface area contributed by atoms with E-state index in [4.69, 9.17) is 0 Å². The number of amides is 1. The molecule has 4 nitrogen and oxygen atoms in total. The van der Waals surface area contributed by atoms with E-state index < -0.39 is 12.1 Å². The van der Waals surface area contributed by atoms with Crippen molar-refractivity contribution in [2.75, 3.05) is 6.54 Å². The number of alkyl halides is 1. The van der Waals surface area contributed by atoms with Crippen LogP contribution in [0.2, 0.25) is 0 Å². The number of halogens is 1. The lowest BCUT2D eigenvalue weighted by molar-refractivity contribution is 0.0949. The maximum absolute atomic E-state index is 12.5. The van der Waals surface area contributed by atoms with Crippen molar-refractivity contribution in [2.45, 2.75) is 26.4 Å². The Balaban J connectivity index is 2.67. The number of aromatic nitrogens is 1. The average molecular weight is 226 g/mol. The SMILES string of the molecule is Cc1c[nH]cc(C(=O)NCCC(C)F)c1=O. The van der Waals surface area contributed by atoms with Crippen molar-refractivity contribution in [3.63, 3.8) is 0 Å². The molecule has 1 amide bonds. The first-order chi connectivity index (χ1) is 7.52. The molecule has 16 heavy (non-hydrogen) atoms. The van der Waals surface area contributed by atoms with Crippen molar-refractivity contribution in [1.82, 2.24) is 10.3 Å². The maximum atomic E-state index is 12.5. The number of pyridine rings is 1. The van der Waals surface area contributed by atoms with Crippen LogP contribution in [-0.2, 0) is 0 Å². The number of rotatable bonds is 4. The van der Waals surface area contributed by atoms with Crippen molar-refractivity contribution < 1.29 is 9.18 Å². The Morgan fingerprint density at radius 3 is 2.88 bits per heavy atom. The lowest BCUT2D eigenvalue weighted by Gasteiger charge is -2.05. The number of hydrogen-bond donors (Lipinski definition) is 2. The number of nitrogens with one attached hydrogen (secondary N) is 2. The zero-order valence-electron chi connectivity index (χ0n) is 9.34. The minimum atomic E-state index is -0.962. The van der Waals surface area contributed by atoms with Gasteiger partial charge in [0.15, 0.2) is 5.43 Å². The van der Waals surface area contributed by atoms with Crippen LogP contribution in [0.3, 0.4) is 0 Å². The number of aromatic amines is 1. The molecule has 0 saturated heterocycles. The smallest absolute Gasteiger partial charge is 0.256 e. The van der Waals surface area contributed by atoms with E-state index in [0.717, 1.165) is 0 Å². The van der Waals surface area contributed by atoms with Crippen molar-refractivity contribution in [1.29, 1.82) is 0 Å². The summed E-state index contributed by atoms with van der Waals surface area (Å²) in [7, 11) is 0. The van der Waals surface area contributed by atoms with E-state index in [1.54, 1.807) is 6.92 Å². The van der Waals surface area contributed by atoms with E-state index in [-0.39, 0.29) is 24.0 Å². The van der Waals surface area contributed by atoms with Crippen LogP contribution in [0.5, 0.6) is 0 Å². The summed E-state index contributed by atoms with van der Waals surface area (Å²) in [5.41, 5.74) is 0.238. The van der Waals surface area contributed by atoms with Gasteiger partial charge in [-0.1, -0.05) is 0 Å². The molecule has 0 fully saturated rings. The number of aryl methyl sites for hydroxylation is 1. The highest BCUT2D eigenvalue weighted by molar-refractivity contribution is 5.93. The number of carbonyl (C=O) groups excluding carboxylic acids is 1. The second-order valence-corrected chi connectivity index (χ2v) is 3.71. The topological polar surface area (TPSA) is 62.0 Å². The van der Waals surface area contributed by atoms with E-state index >= 15 is 0 Å². The van der Waals surface area contributed by atoms with Gasteiger partial charge in [-0.2, -0.15) is 0 Å². The van der Waals surface area contributed by atoms with Gasteiger partial charge in [-0.25, -0.2) is 4.39 Å². The van der Waals surface area contributed by atoms with Crippen LogP contribution in [0.25, 0.3) is 0 Å². The predicted molar refractivity (Wildman–Crippen MR) is 59.3 cm³/mol. The van der Waals surface area contributed by atoms with E-state index in [0.29, 0.717) is 5.56 Å². The quantitative estimate of drug-likeness (QED) is 0.809. The first kappa shape index (κ1) is 12.4. The average Bonchev–Trinajstić information content (AvgIpc) is 2.21. The normalized spacial score (nSPS) is 12.2. The van der Waals surface area contributed by atoms with Crippen molar-refractivity contribution >= 4 is 5.91 Å².